The van der Waals surface area contributed by atoms with Gasteiger partial charge >= 0.3 is 6.18 Å². The van der Waals surface area contributed by atoms with E-state index in [1.807, 2.05) is 24.3 Å². The monoisotopic (exact) mass is 477 g/mol. The fraction of sp³-hybridized carbons (Fsp3) is 0.292. The second-order valence-electron chi connectivity index (χ2n) is 8.21. The average molecular weight is 478 g/mol. The minimum absolute atomic E-state index is 0.0316. The van der Waals surface area contributed by atoms with Gasteiger partial charge in [-0.3, -0.25) is 4.79 Å². The highest BCUT2D eigenvalue weighted by Gasteiger charge is 2.31. The number of nitrogens with zero attached hydrogens (tertiary/aromatic N) is 2. The lowest BCUT2D eigenvalue weighted by Crippen LogP contribution is -2.31. The van der Waals surface area contributed by atoms with Crippen molar-refractivity contribution in [3.8, 4) is 11.3 Å². The maximum absolute atomic E-state index is 13.0. The van der Waals surface area contributed by atoms with Crippen LogP contribution in [0.4, 0.5) is 24.5 Å². The first-order valence-corrected chi connectivity index (χ1v) is 10.8. The predicted molar refractivity (Wildman–Crippen MR) is 123 cm³/mol. The van der Waals surface area contributed by atoms with Crippen LogP contribution < -0.4 is 10.2 Å². The first kappa shape index (κ1) is 23.2. The third kappa shape index (κ3) is 5.17. The molecule has 2 heterocycles. The Labute approximate surface area is 194 Å². The van der Waals surface area contributed by atoms with Crippen molar-refractivity contribution in [2.45, 2.75) is 18.6 Å². The summed E-state index contributed by atoms with van der Waals surface area (Å²) in [5.74, 6) is -0.460. The van der Waals surface area contributed by atoms with Gasteiger partial charge in [-0.1, -0.05) is 11.6 Å². The summed E-state index contributed by atoms with van der Waals surface area (Å²) in [6, 6.07) is 13.8. The van der Waals surface area contributed by atoms with Gasteiger partial charge in [-0.25, -0.2) is 0 Å². The minimum atomic E-state index is -4.51. The highest BCUT2D eigenvalue weighted by Crippen LogP contribution is 2.36. The third-order valence-corrected chi connectivity index (χ3v) is 6.10. The molecule has 1 atom stereocenters. The molecule has 1 aliphatic rings. The number of nitrogens with one attached hydrogen (secondary N) is 1. The molecule has 5 nitrogen and oxygen atoms in total. The lowest BCUT2D eigenvalue weighted by molar-refractivity contribution is -0.137. The normalized spacial score (nSPS) is 16.5. The van der Waals surface area contributed by atoms with Crippen LogP contribution in [0.1, 0.15) is 22.5 Å². The second-order valence-corrected chi connectivity index (χ2v) is 8.62. The summed E-state index contributed by atoms with van der Waals surface area (Å²) in [4.78, 5) is 17.1. The SMILES string of the molecule is CN(C)C1CCN(c2ccc(NC(=O)c3ccc(-c4cc(C(F)(F)F)ccc4Cl)o3)cc2)C1. The van der Waals surface area contributed by atoms with E-state index < -0.39 is 17.6 Å². The van der Waals surface area contributed by atoms with Crippen molar-refractivity contribution in [3.63, 3.8) is 0 Å². The van der Waals surface area contributed by atoms with Crippen LogP contribution in [0, 0.1) is 0 Å². The molecule has 4 rings (SSSR count). The van der Waals surface area contributed by atoms with Crippen LogP contribution in [0.15, 0.2) is 59.0 Å². The minimum Gasteiger partial charge on any atom is -0.451 e. The average Bonchev–Trinajstić information content (AvgIpc) is 3.44. The summed E-state index contributed by atoms with van der Waals surface area (Å²) in [6.45, 7) is 1.92. The van der Waals surface area contributed by atoms with Crippen molar-refractivity contribution in [1.82, 2.24) is 4.90 Å². The van der Waals surface area contributed by atoms with Crippen molar-refractivity contribution in [2.75, 3.05) is 37.4 Å². The number of hydrogen-bond acceptors (Lipinski definition) is 4. The first-order chi connectivity index (χ1) is 15.6. The van der Waals surface area contributed by atoms with Crippen molar-refractivity contribution < 1.29 is 22.4 Å². The van der Waals surface area contributed by atoms with Crippen LogP contribution in [0.3, 0.4) is 0 Å². The molecule has 1 saturated heterocycles. The van der Waals surface area contributed by atoms with Crippen LogP contribution in [0.25, 0.3) is 11.3 Å². The van der Waals surface area contributed by atoms with Crippen molar-refractivity contribution in [1.29, 1.82) is 0 Å². The topological polar surface area (TPSA) is 48.7 Å². The van der Waals surface area contributed by atoms with Crippen LogP contribution in [-0.2, 0) is 6.18 Å². The van der Waals surface area contributed by atoms with Gasteiger partial charge in [0.05, 0.1) is 10.6 Å². The molecule has 9 heteroatoms. The highest BCUT2D eigenvalue weighted by molar-refractivity contribution is 6.33. The van der Waals surface area contributed by atoms with E-state index in [2.05, 4.69) is 29.2 Å². The fourth-order valence-corrected chi connectivity index (χ4v) is 4.05. The number of hydrogen-bond donors (Lipinski definition) is 1. The van der Waals surface area contributed by atoms with E-state index in [-0.39, 0.29) is 22.1 Å². The van der Waals surface area contributed by atoms with E-state index in [4.69, 9.17) is 16.0 Å². The maximum Gasteiger partial charge on any atom is 0.416 e. The number of benzene rings is 2. The molecule has 0 saturated carbocycles. The standard InChI is InChI=1S/C24H23ClF3N3O2/c1-30(2)18-11-12-31(14-18)17-6-4-16(5-7-17)29-23(32)22-10-9-21(33-22)19-13-15(24(26,27)28)3-8-20(19)25/h3-10,13,18H,11-12,14H2,1-2H3,(H,29,32). The molecule has 33 heavy (non-hydrogen) atoms. The molecule has 1 amide bonds. The Bertz CT molecular complexity index is 1140. The second kappa shape index (κ2) is 9.11. The molecule has 0 bridgehead atoms. The molecule has 3 aromatic rings. The molecule has 1 unspecified atom stereocenters. The number of likely N-dealkylation sites (N-methyl/N-ethyl adjacent to an activating group) is 1. The molecule has 0 aliphatic carbocycles. The molecule has 0 radical (unpaired) electrons. The molecular weight excluding hydrogens is 455 g/mol. The lowest BCUT2D eigenvalue weighted by atomic mass is 10.1. The summed E-state index contributed by atoms with van der Waals surface area (Å²) in [7, 11) is 4.15. The van der Waals surface area contributed by atoms with Crippen molar-refractivity contribution in [3.05, 3.63) is 70.9 Å². The summed E-state index contributed by atoms with van der Waals surface area (Å²) in [5, 5.41) is 2.84. The third-order valence-electron chi connectivity index (χ3n) is 5.77. The van der Waals surface area contributed by atoms with Gasteiger partial charge in [0.2, 0.25) is 0 Å². The number of alkyl halides is 3. The number of carbonyl (C=O) groups is 1. The molecule has 2 aromatic carbocycles. The Morgan fingerprint density at radius 3 is 2.48 bits per heavy atom. The van der Waals surface area contributed by atoms with Crippen molar-refractivity contribution >= 4 is 28.9 Å². The van der Waals surface area contributed by atoms with Crippen LogP contribution >= 0.6 is 11.6 Å². The van der Waals surface area contributed by atoms with E-state index in [0.717, 1.165) is 43.4 Å². The molecule has 174 valence electrons. The number of rotatable bonds is 5. The summed E-state index contributed by atoms with van der Waals surface area (Å²) in [6.07, 6.45) is -3.41. The van der Waals surface area contributed by atoms with Gasteiger partial charge in [-0.15, -0.1) is 0 Å². The number of anilines is 2. The zero-order valence-electron chi connectivity index (χ0n) is 18.1. The summed E-state index contributed by atoms with van der Waals surface area (Å²) in [5.41, 5.74) is 0.884. The molecule has 1 aromatic heterocycles. The van der Waals surface area contributed by atoms with Crippen LogP contribution in [-0.4, -0.2) is 44.0 Å². The largest absolute Gasteiger partial charge is 0.451 e. The van der Waals surface area contributed by atoms with E-state index in [1.54, 1.807) is 0 Å². The lowest BCUT2D eigenvalue weighted by Gasteiger charge is -2.22. The van der Waals surface area contributed by atoms with Crippen molar-refractivity contribution in [2.24, 2.45) is 0 Å². The van der Waals surface area contributed by atoms with Gasteiger partial charge in [0.15, 0.2) is 5.76 Å². The summed E-state index contributed by atoms with van der Waals surface area (Å²) >= 11 is 6.06. The number of amides is 1. The Hall–Kier alpha value is -2.97. The van der Waals surface area contributed by atoms with Gasteiger partial charge in [0.25, 0.3) is 5.91 Å². The zero-order valence-corrected chi connectivity index (χ0v) is 18.9. The quantitative estimate of drug-likeness (QED) is 0.489. The predicted octanol–water partition coefficient (Wildman–Crippen LogP) is 6.01. The Balaban J connectivity index is 1.44. The Morgan fingerprint density at radius 2 is 1.85 bits per heavy atom. The highest BCUT2D eigenvalue weighted by atomic mass is 35.5. The number of furan rings is 1. The molecule has 0 spiro atoms. The van der Waals surface area contributed by atoms with Gasteiger partial charge in [0.1, 0.15) is 5.76 Å². The van der Waals surface area contributed by atoms with Gasteiger partial charge in [-0.2, -0.15) is 13.2 Å². The number of halogens is 4. The van der Waals surface area contributed by atoms with E-state index in [9.17, 15) is 18.0 Å². The summed E-state index contributed by atoms with van der Waals surface area (Å²) < 4.78 is 44.6. The number of carbonyl (C=O) groups excluding carboxylic acids is 1. The molecule has 1 fully saturated rings. The fourth-order valence-electron chi connectivity index (χ4n) is 3.84. The first-order valence-electron chi connectivity index (χ1n) is 10.4. The van der Waals surface area contributed by atoms with Gasteiger partial charge in [0, 0.05) is 36.1 Å². The van der Waals surface area contributed by atoms with Crippen LogP contribution in [0.5, 0.6) is 0 Å². The van der Waals surface area contributed by atoms with Gasteiger partial charge in [-0.05, 0) is 75.1 Å². The van der Waals surface area contributed by atoms with Crippen LogP contribution in [0.2, 0.25) is 5.02 Å². The molecule has 1 N–H and O–H groups in total. The van der Waals surface area contributed by atoms with E-state index >= 15 is 0 Å². The van der Waals surface area contributed by atoms with E-state index in [1.165, 1.54) is 12.1 Å². The van der Waals surface area contributed by atoms with E-state index in [0.29, 0.717) is 11.7 Å². The Morgan fingerprint density at radius 1 is 1.12 bits per heavy atom. The molecular formula is C24H23ClF3N3O2. The van der Waals surface area contributed by atoms with Gasteiger partial charge < -0.3 is 19.5 Å². The Kier molecular flexibility index (Phi) is 6.41. The maximum atomic E-state index is 13.0. The molecule has 1 aliphatic heterocycles. The smallest absolute Gasteiger partial charge is 0.416 e. The zero-order chi connectivity index (χ0) is 23.8.